The Kier molecular flexibility index (Phi) is 6.53. The average Bonchev–Trinajstić information content (AvgIpc) is 2.33. The van der Waals surface area contributed by atoms with Gasteiger partial charge in [0.25, 0.3) is 0 Å². The standard InChI is InChI=1S/C17H29NO/c1-6-18-13-16(11-12-19-17(3,4)5)15-9-7-14(2)8-10-15/h7-10,16,18H,6,11-13H2,1-5H3. The van der Waals surface area contributed by atoms with Crippen molar-refractivity contribution in [1.29, 1.82) is 0 Å². The van der Waals surface area contributed by atoms with Crippen molar-refractivity contribution < 1.29 is 4.74 Å². The SMILES string of the molecule is CCNCC(CCOC(C)(C)C)c1ccc(C)cc1. The number of aryl methyl sites for hydroxylation is 1. The van der Waals surface area contributed by atoms with Crippen LogP contribution in [0.4, 0.5) is 0 Å². The topological polar surface area (TPSA) is 21.3 Å². The van der Waals surface area contributed by atoms with Gasteiger partial charge in [-0.15, -0.1) is 0 Å². The smallest absolute Gasteiger partial charge is 0.0598 e. The van der Waals surface area contributed by atoms with E-state index in [1.807, 2.05) is 0 Å². The van der Waals surface area contributed by atoms with Gasteiger partial charge in [0.2, 0.25) is 0 Å². The molecule has 0 fully saturated rings. The van der Waals surface area contributed by atoms with Gasteiger partial charge in [-0.05, 0) is 52.1 Å². The Morgan fingerprint density at radius 3 is 2.32 bits per heavy atom. The van der Waals surface area contributed by atoms with Gasteiger partial charge in [-0.3, -0.25) is 0 Å². The van der Waals surface area contributed by atoms with E-state index in [-0.39, 0.29) is 5.60 Å². The van der Waals surface area contributed by atoms with Crippen molar-refractivity contribution in [1.82, 2.24) is 5.32 Å². The number of benzene rings is 1. The molecule has 1 unspecified atom stereocenters. The Morgan fingerprint density at radius 1 is 1.16 bits per heavy atom. The van der Waals surface area contributed by atoms with E-state index in [4.69, 9.17) is 4.74 Å². The van der Waals surface area contributed by atoms with Crippen molar-refractivity contribution in [3.63, 3.8) is 0 Å². The molecule has 1 aromatic rings. The number of likely N-dealkylation sites (N-methyl/N-ethyl adjacent to an activating group) is 1. The number of nitrogens with one attached hydrogen (secondary N) is 1. The largest absolute Gasteiger partial charge is 0.376 e. The zero-order chi connectivity index (χ0) is 14.3. The van der Waals surface area contributed by atoms with Gasteiger partial charge in [-0.25, -0.2) is 0 Å². The zero-order valence-corrected chi connectivity index (χ0v) is 13.1. The molecule has 19 heavy (non-hydrogen) atoms. The van der Waals surface area contributed by atoms with Crippen LogP contribution in [-0.2, 0) is 4.74 Å². The van der Waals surface area contributed by atoms with Gasteiger partial charge in [-0.1, -0.05) is 36.8 Å². The van der Waals surface area contributed by atoms with Crippen LogP contribution in [0.5, 0.6) is 0 Å². The highest BCUT2D eigenvalue weighted by Gasteiger charge is 2.14. The van der Waals surface area contributed by atoms with E-state index in [0.717, 1.165) is 26.1 Å². The molecule has 2 nitrogen and oxygen atoms in total. The molecule has 0 aromatic heterocycles. The van der Waals surface area contributed by atoms with E-state index in [1.165, 1.54) is 11.1 Å². The Bertz CT molecular complexity index is 351. The Labute approximate surface area is 118 Å². The van der Waals surface area contributed by atoms with Gasteiger partial charge < -0.3 is 10.1 Å². The number of hydrogen-bond donors (Lipinski definition) is 1. The quantitative estimate of drug-likeness (QED) is 0.805. The summed E-state index contributed by atoms with van der Waals surface area (Å²) in [6, 6.07) is 8.88. The van der Waals surface area contributed by atoms with Crippen LogP contribution < -0.4 is 5.32 Å². The molecule has 0 radical (unpaired) electrons. The fourth-order valence-corrected chi connectivity index (χ4v) is 2.05. The second kappa shape index (κ2) is 7.66. The molecule has 1 atom stereocenters. The van der Waals surface area contributed by atoms with Crippen molar-refractivity contribution >= 4 is 0 Å². The van der Waals surface area contributed by atoms with Crippen LogP contribution in [0.2, 0.25) is 0 Å². The molecule has 0 saturated heterocycles. The molecule has 0 aliphatic carbocycles. The third-order valence-corrected chi connectivity index (χ3v) is 3.19. The van der Waals surface area contributed by atoms with Gasteiger partial charge in [0.1, 0.15) is 0 Å². The first-order chi connectivity index (χ1) is 8.92. The van der Waals surface area contributed by atoms with E-state index in [1.54, 1.807) is 0 Å². The summed E-state index contributed by atoms with van der Waals surface area (Å²) in [5.74, 6) is 0.530. The average molecular weight is 263 g/mol. The minimum absolute atomic E-state index is 0.0456. The highest BCUT2D eigenvalue weighted by Crippen LogP contribution is 2.21. The first-order valence-electron chi connectivity index (χ1n) is 7.33. The van der Waals surface area contributed by atoms with E-state index in [0.29, 0.717) is 5.92 Å². The molecule has 1 aromatic carbocycles. The Morgan fingerprint density at radius 2 is 1.79 bits per heavy atom. The molecule has 1 N–H and O–H groups in total. The minimum Gasteiger partial charge on any atom is -0.376 e. The minimum atomic E-state index is -0.0456. The molecular weight excluding hydrogens is 234 g/mol. The Hall–Kier alpha value is -0.860. The van der Waals surface area contributed by atoms with Crippen LogP contribution in [0.25, 0.3) is 0 Å². The predicted octanol–water partition coefficient (Wildman–Crippen LogP) is 3.89. The maximum Gasteiger partial charge on any atom is 0.0598 e. The molecule has 0 heterocycles. The van der Waals surface area contributed by atoms with Crippen molar-refractivity contribution in [2.75, 3.05) is 19.7 Å². The van der Waals surface area contributed by atoms with Crippen LogP contribution in [0, 0.1) is 6.92 Å². The highest BCUT2D eigenvalue weighted by atomic mass is 16.5. The van der Waals surface area contributed by atoms with Crippen molar-refractivity contribution in [3.05, 3.63) is 35.4 Å². The summed E-state index contributed by atoms with van der Waals surface area (Å²) in [5.41, 5.74) is 2.68. The molecule has 2 heteroatoms. The lowest BCUT2D eigenvalue weighted by Crippen LogP contribution is -2.25. The normalized spacial score (nSPS) is 13.5. The molecule has 0 amide bonds. The second-order valence-electron chi connectivity index (χ2n) is 6.16. The first kappa shape index (κ1) is 16.2. The van der Waals surface area contributed by atoms with E-state index in [2.05, 4.69) is 64.2 Å². The van der Waals surface area contributed by atoms with Gasteiger partial charge >= 0.3 is 0 Å². The monoisotopic (exact) mass is 263 g/mol. The highest BCUT2D eigenvalue weighted by molar-refractivity contribution is 5.24. The Balaban J connectivity index is 2.58. The van der Waals surface area contributed by atoms with Gasteiger partial charge in [-0.2, -0.15) is 0 Å². The molecule has 0 aliphatic rings. The summed E-state index contributed by atoms with van der Waals surface area (Å²) in [6.45, 7) is 13.5. The predicted molar refractivity (Wildman–Crippen MR) is 82.8 cm³/mol. The lowest BCUT2D eigenvalue weighted by molar-refractivity contribution is -0.00622. The van der Waals surface area contributed by atoms with Gasteiger partial charge in [0, 0.05) is 13.2 Å². The zero-order valence-electron chi connectivity index (χ0n) is 13.1. The van der Waals surface area contributed by atoms with Crippen molar-refractivity contribution in [2.24, 2.45) is 0 Å². The van der Waals surface area contributed by atoms with Crippen LogP contribution in [0.1, 0.15) is 51.2 Å². The third-order valence-electron chi connectivity index (χ3n) is 3.19. The summed E-state index contributed by atoms with van der Waals surface area (Å²) < 4.78 is 5.86. The lowest BCUT2D eigenvalue weighted by Gasteiger charge is -2.23. The summed E-state index contributed by atoms with van der Waals surface area (Å²) in [6.07, 6.45) is 1.06. The fourth-order valence-electron chi connectivity index (χ4n) is 2.05. The molecule has 0 aliphatic heterocycles. The molecule has 1 rings (SSSR count). The maximum absolute atomic E-state index is 5.86. The van der Waals surface area contributed by atoms with E-state index >= 15 is 0 Å². The lowest BCUT2D eigenvalue weighted by atomic mass is 9.95. The first-order valence-corrected chi connectivity index (χ1v) is 7.33. The number of rotatable bonds is 7. The van der Waals surface area contributed by atoms with Gasteiger partial charge in [0.15, 0.2) is 0 Å². The maximum atomic E-state index is 5.86. The molecule has 0 bridgehead atoms. The van der Waals surface area contributed by atoms with Crippen molar-refractivity contribution in [2.45, 2.75) is 52.6 Å². The van der Waals surface area contributed by atoms with Crippen LogP contribution >= 0.6 is 0 Å². The second-order valence-corrected chi connectivity index (χ2v) is 6.16. The van der Waals surface area contributed by atoms with E-state index in [9.17, 15) is 0 Å². The van der Waals surface area contributed by atoms with E-state index < -0.39 is 0 Å². The summed E-state index contributed by atoms with van der Waals surface area (Å²) in [5, 5.41) is 3.45. The third kappa shape index (κ3) is 6.74. The van der Waals surface area contributed by atoms with Crippen LogP contribution in [0.15, 0.2) is 24.3 Å². The summed E-state index contributed by atoms with van der Waals surface area (Å²) >= 11 is 0. The molecule has 0 spiro atoms. The fraction of sp³-hybridized carbons (Fsp3) is 0.647. The molecular formula is C17H29NO. The molecule has 0 saturated carbocycles. The summed E-state index contributed by atoms with van der Waals surface area (Å²) in [4.78, 5) is 0. The summed E-state index contributed by atoms with van der Waals surface area (Å²) in [7, 11) is 0. The van der Waals surface area contributed by atoms with Crippen LogP contribution in [-0.4, -0.2) is 25.3 Å². The molecule has 108 valence electrons. The van der Waals surface area contributed by atoms with Crippen molar-refractivity contribution in [3.8, 4) is 0 Å². The van der Waals surface area contributed by atoms with Crippen LogP contribution in [0.3, 0.4) is 0 Å². The number of ether oxygens (including phenoxy) is 1. The number of hydrogen-bond acceptors (Lipinski definition) is 2. The van der Waals surface area contributed by atoms with Gasteiger partial charge in [0.05, 0.1) is 5.60 Å².